The van der Waals surface area contributed by atoms with E-state index in [2.05, 4.69) is 23.3 Å². The van der Waals surface area contributed by atoms with E-state index < -0.39 is 0 Å². The summed E-state index contributed by atoms with van der Waals surface area (Å²) in [5.41, 5.74) is 2.64. The van der Waals surface area contributed by atoms with Crippen molar-refractivity contribution in [3.8, 4) is 5.75 Å². The fourth-order valence-corrected chi connectivity index (χ4v) is 3.12. The Morgan fingerprint density at radius 3 is 2.90 bits per heavy atom. The van der Waals surface area contributed by atoms with E-state index in [9.17, 15) is 0 Å². The van der Waals surface area contributed by atoms with Crippen LogP contribution in [0.25, 0.3) is 0 Å². The first-order valence-corrected chi connectivity index (χ1v) is 7.73. The van der Waals surface area contributed by atoms with E-state index in [1.807, 2.05) is 42.6 Å². The van der Waals surface area contributed by atoms with Gasteiger partial charge in [0.05, 0.1) is 0 Å². The van der Waals surface area contributed by atoms with E-state index in [1.54, 1.807) is 0 Å². The second kappa shape index (κ2) is 6.72. The Bertz CT molecular complexity index is 570. The summed E-state index contributed by atoms with van der Waals surface area (Å²) in [6, 6.07) is 14.6. The van der Waals surface area contributed by atoms with Crippen LogP contribution in [0.4, 0.5) is 0 Å². The molecule has 2 aromatic rings. The van der Waals surface area contributed by atoms with Gasteiger partial charge in [-0.15, -0.1) is 0 Å². The topological polar surface area (TPSA) is 34.1 Å². The monoisotopic (exact) mass is 282 g/mol. The Kier molecular flexibility index (Phi) is 4.51. The first-order chi connectivity index (χ1) is 10.4. The normalized spacial score (nSPS) is 18.2. The summed E-state index contributed by atoms with van der Waals surface area (Å²) in [4.78, 5) is 4.60. The minimum Gasteiger partial charge on any atom is -0.492 e. The van der Waals surface area contributed by atoms with Crippen molar-refractivity contribution in [1.82, 2.24) is 10.3 Å². The SMILES string of the molecule is CCNC(COc1ccccc1)C1CCc2cccnc21. The molecule has 3 nitrogen and oxygen atoms in total. The van der Waals surface area contributed by atoms with Gasteiger partial charge in [0.1, 0.15) is 12.4 Å². The van der Waals surface area contributed by atoms with Crippen LogP contribution in [0.5, 0.6) is 5.75 Å². The number of nitrogens with one attached hydrogen (secondary N) is 1. The van der Waals surface area contributed by atoms with Gasteiger partial charge >= 0.3 is 0 Å². The van der Waals surface area contributed by atoms with Crippen LogP contribution in [0.1, 0.15) is 30.5 Å². The molecule has 1 aliphatic carbocycles. The largest absolute Gasteiger partial charge is 0.492 e. The standard InChI is InChI=1S/C18H22N2O/c1-2-19-17(13-21-15-8-4-3-5-9-15)16-11-10-14-7-6-12-20-18(14)16/h3-9,12,16-17,19H,2,10-11,13H2,1H3. The molecule has 1 aliphatic rings. The number of ether oxygens (including phenoxy) is 1. The molecule has 0 radical (unpaired) electrons. The molecule has 1 heterocycles. The first-order valence-electron chi connectivity index (χ1n) is 7.73. The van der Waals surface area contributed by atoms with Crippen LogP contribution in [-0.4, -0.2) is 24.2 Å². The lowest BCUT2D eigenvalue weighted by molar-refractivity contribution is 0.242. The lowest BCUT2D eigenvalue weighted by Gasteiger charge is -2.24. The number of benzene rings is 1. The third kappa shape index (κ3) is 3.24. The molecule has 0 spiro atoms. The van der Waals surface area contributed by atoms with Gasteiger partial charge in [0.25, 0.3) is 0 Å². The van der Waals surface area contributed by atoms with E-state index in [-0.39, 0.29) is 0 Å². The van der Waals surface area contributed by atoms with Crippen molar-refractivity contribution in [2.75, 3.05) is 13.2 Å². The first kappa shape index (κ1) is 14.1. The molecule has 0 amide bonds. The van der Waals surface area contributed by atoms with Gasteiger partial charge in [0.2, 0.25) is 0 Å². The Morgan fingerprint density at radius 2 is 2.10 bits per heavy atom. The summed E-state index contributed by atoms with van der Waals surface area (Å²) in [5.74, 6) is 1.38. The van der Waals surface area contributed by atoms with Crippen molar-refractivity contribution in [1.29, 1.82) is 0 Å². The number of hydrogen-bond acceptors (Lipinski definition) is 3. The van der Waals surface area contributed by atoms with E-state index in [0.29, 0.717) is 18.6 Å². The van der Waals surface area contributed by atoms with Crippen LogP contribution < -0.4 is 10.1 Å². The van der Waals surface area contributed by atoms with Gasteiger partial charge in [-0.3, -0.25) is 4.98 Å². The van der Waals surface area contributed by atoms with Crippen LogP contribution in [0, 0.1) is 0 Å². The zero-order valence-corrected chi connectivity index (χ0v) is 12.5. The molecule has 1 N–H and O–H groups in total. The summed E-state index contributed by atoms with van der Waals surface area (Å²) < 4.78 is 5.96. The van der Waals surface area contributed by atoms with Gasteiger partial charge in [-0.2, -0.15) is 0 Å². The van der Waals surface area contributed by atoms with E-state index >= 15 is 0 Å². The zero-order valence-electron chi connectivity index (χ0n) is 12.5. The lowest BCUT2D eigenvalue weighted by atomic mass is 9.97. The third-order valence-corrected chi connectivity index (χ3v) is 4.13. The van der Waals surface area contributed by atoms with Crippen molar-refractivity contribution in [2.45, 2.75) is 31.7 Å². The number of hydrogen-bond donors (Lipinski definition) is 1. The maximum Gasteiger partial charge on any atom is 0.119 e. The quantitative estimate of drug-likeness (QED) is 0.883. The maximum absolute atomic E-state index is 5.96. The molecule has 21 heavy (non-hydrogen) atoms. The molecular weight excluding hydrogens is 260 g/mol. The number of aromatic nitrogens is 1. The highest BCUT2D eigenvalue weighted by Crippen LogP contribution is 2.33. The summed E-state index contributed by atoms with van der Waals surface area (Å²) in [6.45, 7) is 3.77. The van der Waals surface area contributed by atoms with Gasteiger partial charge in [-0.1, -0.05) is 31.2 Å². The maximum atomic E-state index is 5.96. The highest BCUT2D eigenvalue weighted by Gasteiger charge is 2.30. The molecule has 0 fully saturated rings. The predicted molar refractivity (Wildman–Crippen MR) is 84.7 cm³/mol. The molecule has 3 rings (SSSR count). The van der Waals surface area contributed by atoms with Crippen molar-refractivity contribution in [3.63, 3.8) is 0 Å². The van der Waals surface area contributed by atoms with Crippen molar-refractivity contribution < 1.29 is 4.74 Å². The number of rotatable bonds is 6. The van der Waals surface area contributed by atoms with Crippen LogP contribution in [0.15, 0.2) is 48.7 Å². The zero-order chi connectivity index (χ0) is 14.5. The summed E-state index contributed by atoms with van der Waals surface area (Å²) in [7, 11) is 0. The van der Waals surface area contributed by atoms with Gasteiger partial charge < -0.3 is 10.1 Å². The molecule has 0 saturated carbocycles. The molecule has 0 aliphatic heterocycles. The fraction of sp³-hybridized carbons (Fsp3) is 0.389. The second-order valence-corrected chi connectivity index (χ2v) is 5.48. The average Bonchev–Trinajstić information content (AvgIpc) is 2.96. The van der Waals surface area contributed by atoms with Crippen molar-refractivity contribution in [2.24, 2.45) is 0 Å². The van der Waals surface area contributed by atoms with Crippen LogP contribution in [-0.2, 0) is 6.42 Å². The number of fused-ring (bicyclic) bond motifs is 1. The Labute approximate surface area is 126 Å². The highest BCUT2D eigenvalue weighted by molar-refractivity contribution is 5.30. The van der Waals surface area contributed by atoms with Crippen molar-refractivity contribution in [3.05, 3.63) is 59.9 Å². The van der Waals surface area contributed by atoms with E-state index in [1.165, 1.54) is 11.3 Å². The van der Waals surface area contributed by atoms with Gasteiger partial charge in [-0.25, -0.2) is 0 Å². The number of nitrogens with zero attached hydrogens (tertiary/aromatic N) is 1. The van der Waals surface area contributed by atoms with Crippen molar-refractivity contribution >= 4 is 0 Å². The van der Waals surface area contributed by atoms with E-state index in [4.69, 9.17) is 4.74 Å². The van der Waals surface area contributed by atoms with Crippen LogP contribution in [0.2, 0.25) is 0 Å². The van der Waals surface area contributed by atoms with Crippen LogP contribution in [0.3, 0.4) is 0 Å². The van der Waals surface area contributed by atoms with E-state index in [0.717, 1.165) is 25.1 Å². The smallest absolute Gasteiger partial charge is 0.119 e. The fourth-order valence-electron chi connectivity index (χ4n) is 3.12. The number of para-hydroxylation sites is 1. The molecule has 2 atom stereocenters. The minimum absolute atomic E-state index is 0.311. The molecule has 1 aromatic carbocycles. The number of pyridine rings is 1. The van der Waals surface area contributed by atoms with Gasteiger partial charge in [-0.05, 0) is 43.1 Å². The molecular formula is C18H22N2O. The molecule has 0 saturated heterocycles. The molecule has 2 unspecified atom stereocenters. The number of likely N-dealkylation sites (N-methyl/N-ethyl adjacent to an activating group) is 1. The molecule has 1 aromatic heterocycles. The summed E-state index contributed by atoms with van der Waals surface area (Å²) in [6.07, 6.45) is 4.18. The third-order valence-electron chi connectivity index (χ3n) is 4.13. The predicted octanol–water partition coefficient (Wildman–Crippen LogP) is 3.17. The highest BCUT2D eigenvalue weighted by atomic mass is 16.5. The Balaban J connectivity index is 1.70. The molecule has 110 valence electrons. The second-order valence-electron chi connectivity index (χ2n) is 5.48. The summed E-state index contributed by atoms with van der Waals surface area (Å²) in [5, 5.41) is 3.57. The molecule has 3 heteroatoms. The van der Waals surface area contributed by atoms with Gasteiger partial charge in [0, 0.05) is 23.9 Å². The Hall–Kier alpha value is -1.87. The van der Waals surface area contributed by atoms with Gasteiger partial charge in [0.15, 0.2) is 0 Å². The number of aryl methyl sites for hydroxylation is 1. The van der Waals surface area contributed by atoms with Crippen LogP contribution >= 0.6 is 0 Å². The molecule has 0 bridgehead atoms. The summed E-state index contributed by atoms with van der Waals surface area (Å²) >= 11 is 0. The minimum atomic E-state index is 0.311. The lowest BCUT2D eigenvalue weighted by Crippen LogP contribution is -2.39. The average molecular weight is 282 g/mol. The Morgan fingerprint density at radius 1 is 1.24 bits per heavy atom.